The van der Waals surface area contributed by atoms with Gasteiger partial charge in [-0.15, -0.1) is 0 Å². The van der Waals surface area contributed by atoms with Gasteiger partial charge in [-0.2, -0.15) is 13.2 Å². The summed E-state index contributed by atoms with van der Waals surface area (Å²) in [4.78, 5) is 25.0. The number of benzene rings is 2. The molecule has 0 aliphatic heterocycles. The number of hydrogen-bond acceptors (Lipinski definition) is 6. The summed E-state index contributed by atoms with van der Waals surface area (Å²) in [6, 6.07) is 8.61. The van der Waals surface area contributed by atoms with Crippen molar-refractivity contribution in [2.24, 2.45) is 5.92 Å². The summed E-state index contributed by atoms with van der Waals surface area (Å²) in [5, 5.41) is -0.130. The van der Waals surface area contributed by atoms with Crippen molar-refractivity contribution in [2.45, 2.75) is 46.9 Å². The average Bonchev–Trinajstić information content (AvgIpc) is 2.72. The quantitative estimate of drug-likeness (QED) is 0.377. The van der Waals surface area contributed by atoms with Crippen LogP contribution in [-0.2, 0) is 15.7 Å². The molecule has 0 radical (unpaired) electrons. The van der Waals surface area contributed by atoms with Crippen LogP contribution in [0.5, 0.6) is 17.2 Å². The number of rotatable bonds is 7. The third-order valence-corrected chi connectivity index (χ3v) is 4.70. The highest BCUT2D eigenvalue weighted by Crippen LogP contribution is 2.39. The van der Waals surface area contributed by atoms with Gasteiger partial charge in [-0.1, -0.05) is 19.9 Å². The number of carbonyl (C=O) groups excluding carboxylic acids is 1. The Morgan fingerprint density at radius 3 is 2.24 bits per heavy atom. The third kappa shape index (κ3) is 5.89. The SMILES string of the molecule is Cc1cc(C)cc(Oc2c(C(F)(F)F)oc3cc(OC(C)C(=O)OCC(C)C)ccc3c2=O)c1. The molecule has 9 heteroatoms. The van der Waals surface area contributed by atoms with Gasteiger partial charge in [-0.25, -0.2) is 4.79 Å². The molecule has 1 heterocycles. The Morgan fingerprint density at radius 2 is 1.65 bits per heavy atom. The van der Waals surface area contributed by atoms with Crippen molar-refractivity contribution in [1.29, 1.82) is 0 Å². The van der Waals surface area contributed by atoms with E-state index in [4.69, 9.17) is 18.6 Å². The fourth-order valence-electron chi connectivity index (χ4n) is 3.24. The number of ether oxygens (including phenoxy) is 3. The first kappa shape index (κ1) is 25.1. The lowest BCUT2D eigenvalue weighted by molar-refractivity contribution is -0.154. The van der Waals surface area contributed by atoms with Gasteiger partial charge >= 0.3 is 12.1 Å². The molecule has 3 rings (SSSR count). The molecule has 0 aliphatic carbocycles. The number of alkyl halides is 3. The normalized spacial score (nSPS) is 12.6. The topological polar surface area (TPSA) is 75.0 Å². The van der Waals surface area contributed by atoms with Crippen LogP contribution in [0.1, 0.15) is 37.7 Å². The second-order valence-electron chi connectivity index (χ2n) is 8.45. The van der Waals surface area contributed by atoms with E-state index in [1.54, 1.807) is 13.8 Å². The van der Waals surface area contributed by atoms with E-state index in [0.717, 1.165) is 17.2 Å². The van der Waals surface area contributed by atoms with Gasteiger partial charge in [0.1, 0.15) is 17.1 Å². The molecule has 182 valence electrons. The smallest absolute Gasteiger partial charge is 0.453 e. The first-order valence-electron chi connectivity index (χ1n) is 10.6. The highest BCUT2D eigenvalue weighted by Gasteiger charge is 2.40. The van der Waals surface area contributed by atoms with E-state index in [0.29, 0.717) is 0 Å². The first-order valence-corrected chi connectivity index (χ1v) is 10.6. The molecule has 6 nitrogen and oxygen atoms in total. The summed E-state index contributed by atoms with van der Waals surface area (Å²) in [7, 11) is 0. The molecular weight excluding hydrogens is 453 g/mol. The van der Waals surface area contributed by atoms with Crippen LogP contribution in [0.2, 0.25) is 0 Å². The fraction of sp³-hybridized carbons (Fsp3) is 0.360. The molecule has 1 unspecified atom stereocenters. The van der Waals surface area contributed by atoms with Crippen molar-refractivity contribution in [3.05, 3.63) is 63.5 Å². The highest BCUT2D eigenvalue weighted by atomic mass is 19.4. The van der Waals surface area contributed by atoms with Crippen LogP contribution in [0.3, 0.4) is 0 Å². The van der Waals surface area contributed by atoms with Crippen LogP contribution in [-0.4, -0.2) is 18.7 Å². The Morgan fingerprint density at radius 1 is 1.00 bits per heavy atom. The zero-order valence-electron chi connectivity index (χ0n) is 19.4. The molecule has 0 spiro atoms. The lowest BCUT2D eigenvalue weighted by Crippen LogP contribution is -2.27. The maximum absolute atomic E-state index is 13.8. The first-order chi connectivity index (χ1) is 15.8. The molecule has 1 atom stereocenters. The van der Waals surface area contributed by atoms with Crippen molar-refractivity contribution in [2.75, 3.05) is 6.61 Å². The van der Waals surface area contributed by atoms with Crippen molar-refractivity contribution < 1.29 is 36.6 Å². The monoisotopic (exact) mass is 478 g/mol. The fourth-order valence-corrected chi connectivity index (χ4v) is 3.24. The average molecular weight is 478 g/mol. The predicted octanol–water partition coefficient (Wildman–Crippen LogP) is 6.19. The number of fused-ring (bicyclic) bond motifs is 1. The van der Waals surface area contributed by atoms with Crippen LogP contribution in [0.15, 0.2) is 45.6 Å². The van der Waals surface area contributed by atoms with E-state index in [1.807, 2.05) is 19.9 Å². The summed E-state index contributed by atoms with van der Waals surface area (Å²) in [5.41, 5.74) is 0.183. The van der Waals surface area contributed by atoms with Crippen molar-refractivity contribution in [3.8, 4) is 17.2 Å². The zero-order valence-corrected chi connectivity index (χ0v) is 19.4. The van der Waals surface area contributed by atoms with Gasteiger partial charge in [0.2, 0.25) is 11.2 Å². The van der Waals surface area contributed by atoms with Gasteiger partial charge in [0, 0.05) is 6.07 Å². The van der Waals surface area contributed by atoms with Crippen molar-refractivity contribution >= 4 is 16.9 Å². The maximum atomic E-state index is 13.8. The standard InChI is InChI=1S/C25H25F3O6/c1-13(2)12-31-24(30)16(5)32-17-6-7-19-20(11-17)34-23(25(26,27)28)22(21(19)29)33-18-9-14(3)8-15(4)10-18/h6-11,13,16H,12H2,1-5H3. The molecule has 3 aromatic rings. The Kier molecular flexibility index (Phi) is 7.24. The molecule has 0 aliphatic rings. The van der Waals surface area contributed by atoms with Crippen molar-refractivity contribution in [3.63, 3.8) is 0 Å². The Balaban J connectivity index is 2.00. The zero-order chi connectivity index (χ0) is 25.2. The van der Waals surface area contributed by atoms with E-state index < -0.39 is 35.2 Å². The Labute approximate surface area is 194 Å². The van der Waals surface area contributed by atoms with Crippen LogP contribution in [0.25, 0.3) is 11.0 Å². The summed E-state index contributed by atoms with van der Waals surface area (Å²) < 4.78 is 62.4. The molecule has 0 fully saturated rings. The minimum absolute atomic E-state index is 0.0424. The van der Waals surface area contributed by atoms with Crippen LogP contribution in [0, 0.1) is 19.8 Å². The minimum atomic E-state index is -4.99. The molecule has 34 heavy (non-hydrogen) atoms. The molecule has 0 saturated heterocycles. The van der Waals surface area contributed by atoms with E-state index in [9.17, 15) is 22.8 Å². The summed E-state index contributed by atoms with van der Waals surface area (Å²) in [6.07, 6.45) is -6.01. The van der Waals surface area contributed by atoms with Gasteiger partial charge in [-0.3, -0.25) is 4.79 Å². The molecule has 2 aromatic carbocycles. The van der Waals surface area contributed by atoms with Gasteiger partial charge < -0.3 is 18.6 Å². The van der Waals surface area contributed by atoms with Crippen LogP contribution in [0.4, 0.5) is 13.2 Å². The molecular formula is C25H25F3O6. The number of hydrogen-bond donors (Lipinski definition) is 0. The maximum Gasteiger partial charge on any atom is 0.453 e. The molecule has 1 aromatic heterocycles. The molecule has 0 amide bonds. The number of esters is 1. The summed E-state index contributed by atoms with van der Waals surface area (Å²) >= 11 is 0. The lowest BCUT2D eigenvalue weighted by atomic mass is 10.1. The predicted molar refractivity (Wildman–Crippen MR) is 119 cm³/mol. The summed E-state index contributed by atoms with van der Waals surface area (Å²) in [6.45, 7) is 8.92. The van der Waals surface area contributed by atoms with E-state index in [1.165, 1.54) is 31.2 Å². The van der Waals surface area contributed by atoms with Gasteiger partial charge in [-0.05, 0) is 62.1 Å². The Bertz CT molecular complexity index is 1240. The van der Waals surface area contributed by atoms with Gasteiger partial charge in [0.05, 0.1) is 12.0 Å². The number of carbonyl (C=O) groups is 1. The van der Waals surface area contributed by atoms with E-state index in [-0.39, 0.29) is 35.0 Å². The van der Waals surface area contributed by atoms with Crippen LogP contribution < -0.4 is 14.9 Å². The molecule has 0 bridgehead atoms. The van der Waals surface area contributed by atoms with Gasteiger partial charge in [0.15, 0.2) is 6.10 Å². The molecule has 0 N–H and O–H groups in total. The lowest BCUT2D eigenvalue weighted by Gasteiger charge is -2.16. The van der Waals surface area contributed by atoms with E-state index >= 15 is 0 Å². The molecule has 0 saturated carbocycles. The Hall–Kier alpha value is -3.49. The van der Waals surface area contributed by atoms with E-state index in [2.05, 4.69) is 0 Å². The minimum Gasteiger partial charge on any atom is -0.479 e. The van der Waals surface area contributed by atoms with Crippen molar-refractivity contribution in [1.82, 2.24) is 0 Å². The third-order valence-electron chi connectivity index (χ3n) is 4.70. The summed E-state index contributed by atoms with van der Waals surface area (Å²) in [5.74, 6) is -2.88. The number of aryl methyl sites for hydroxylation is 2. The number of halogens is 3. The van der Waals surface area contributed by atoms with Gasteiger partial charge in [0.25, 0.3) is 5.76 Å². The second kappa shape index (κ2) is 9.79. The second-order valence-corrected chi connectivity index (χ2v) is 8.45. The highest BCUT2D eigenvalue weighted by molar-refractivity contribution is 5.80. The van der Waals surface area contributed by atoms with Crippen LogP contribution >= 0.6 is 0 Å². The largest absolute Gasteiger partial charge is 0.479 e.